The minimum atomic E-state index is -0.448. The molecule has 0 unspecified atom stereocenters. The minimum absolute atomic E-state index is 0.220. The fourth-order valence-electron chi connectivity index (χ4n) is 3.38. The SMILES string of the molecule is Cc1onc(-c2c(Cl)cccc2Cl)c1C(=O)Nc1ccc2oc(=O)n(CCN(C)C)c2c1. The van der Waals surface area contributed by atoms with E-state index in [4.69, 9.17) is 32.1 Å². The zero-order valence-corrected chi connectivity index (χ0v) is 19.1. The van der Waals surface area contributed by atoms with Crippen molar-refractivity contribution in [3.63, 3.8) is 0 Å². The van der Waals surface area contributed by atoms with Crippen LogP contribution in [0.4, 0.5) is 5.69 Å². The van der Waals surface area contributed by atoms with E-state index in [0.29, 0.717) is 51.2 Å². The molecule has 0 aliphatic heterocycles. The largest absolute Gasteiger partial charge is 0.419 e. The Labute approximate surface area is 193 Å². The molecule has 4 rings (SSSR count). The van der Waals surface area contributed by atoms with Gasteiger partial charge in [0, 0.05) is 24.3 Å². The van der Waals surface area contributed by atoms with Crippen LogP contribution in [-0.2, 0) is 6.54 Å². The van der Waals surface area contributed by atoms with Crippen molar-refractivity contribution in [2.75, 3.05) is 26.0 Å². The van der Waals surface area contributed by atoms with Crippen molar-refractivity contribution in [1.29, 1.82) is 0 Å². The summed E-state index contributed by atoms with van der Waals surface area (Å²) < 4.78 is 12.1. The van der Waals surface area contributed by atoms with E-state index in [1.54, 1.807) is 43.3 Å². The number of carbonyl (C=O) groups is 1. The van der Waals surface area contributed by atoms with Crippen LogP contribution in [0.3, 0.4) is 0 Å². The number of rotatable bonds is 6. The maximum Gasteiger partial charge on any atom is 0.419 e. The Bertz CT molecular complexity index is 1350. The number of oxazole rings is 1. The Morgan fingerprint density at radius 2 is 1.91 bits per heavy atom. The molecule has 0 fully saturated rings. The highest BCUT2D eigenvalue weighted by atomic mass is 35.5. The molecule has 0 atom stereocenters. The molecule has 0 saturated carbocycles. The highest BCUT2D eigenvalue weighted by molar-refractivity contribution is 6.39. The van der Waals surface area contributed by atoms with Gasteiger partial charge in [0.15, 0.2) is 5.58 Å². The molecule has 0 aliphatic carbocycles. The molecule has 1 N–H and O–H groups in total. The molecular weight excluding hydrogens is 455 g/mol. The van der Waals surface area contributed by atoms with E-state index >= 15 is 0 Å². The minimum Gasteiger partial charge on any atom is -0.408 e. The lowest BCUT2D eigenvalue weighted by Crippen LogP contribution is -2.23. The monoisotopic (exact) mass is 474 g/mol. The lowest BCUT2D eigenvalue weighted by molar-refractivity contribution is 0.102. The van der Waals surface area contributed by atoms with E-state index in [9.17, 15) is 9.59 Å². The van der Waals surface area contributed by atoms with Crippen molar-refractivity contribution >= 4 is 45.9 Å². The summed E-state index contributed by atoms with van der Waals surface area (Å²) in [5.41, 5.74) is 2.40. The normalized spacial score (nSPS) is 11.4. The first kappa shape index (κ1) is 22.1. The van der Waals surface area contributed by atoms with Crippen LogP contribution in [0.25, 0.3) is 22.4 Å². The number of aryl methyl sites for hydroxylation is 1. The third-order valence-corrected chi connectivity index (χ3v) is 5.62. The zero-order valence-electron chi connectivity index (χ0n) is 17.6. The molecule has 166 valence electrons. The van der Waals surface area contributed by atoms with Crippen LogP contribution in [0.1, 0.15) is 16.1 Å². The van der Waals surface area contributed by atoms with E-state index in [1.807, 2.05) is 19.0 Å². The number of aromatic nitrogens is 2. The molecule has 4 aromatic rings. The number of likely N-dealkylation sites (N-methyl/N-ethyl adjacent to an activating group) is 1. The fraction of sp³-hybridized carbons (Fsp3) is 0.227. The molecule has 32 heavy (non-hydrogen) atoms. The van der Waals surface area contributed by atoms with Crippen LogP contribution in [0.2, 0.25) is 10.0 Å². The van der Waals surface area contributed by atoms with Crippen molar-refractivity contribution < 1.29 is 13.7 Å². The topological polar surface area (TPSA) is 93.5 Å². The molecule has 2 heterocycles. The van der Waals surface area contributed by atoms with Gasteiger partial charge in [-0.25, -0.2) is 4.79 Å². The van der Waals surface area contributed by atoms with Crippen LogP contribution in [0.5, 0.6) is 0 Å². The molecule has 8 nitrogen and oxygen atoms in total. The Kier molecular flexibility index (Phi) is 6.10. The van der Waals surface area contributed by atoms with Gasteiger partial charge >= 0.3 is 5.76 Å². The summed E-state index contributed by atoms with van der Waals surface area (Å²) >= 11 is 12.6. The standard InChI is InChI=1S/C22H20Cl2N4O4/c1-12-18(20(26-32-12)19-14(23)5-4-6-15(19)24)21(29)25-13-7-8-17-16(11-13)28(22(30)31-17)10-9-27(2)3/h4-8,11H,9-10H2,1-3H3,(H,25,29). The molecule has 1 amide bonds. The van der Waals surface area contributed by atoms with Crippen LogP contribution >= 0.6 is 23.2 Å². The molecular formula is C22H20Cl2N4O4. The van der Waals surface area contributed by atoms with Crippen molar-refractivity contribution in [2.45, 2.75) is 13.5 Å². The number of amides is 1. The molecule has 10 heteroatoms. The summed E-state index contributed by atoms with van der Waals surface area (Å²) in [6.07, 6.45) is 0. The average molecular weight is 475 g/mol. The van der Waals surface area contributed by atoms with Crippen LogP contribution in [0.15, 0.2) is 50.1 Å². The predicted molar refractivity (Wildman–Crippen MR) is 124 cm³/mol. The number of carbonyl (C=O) groups excluding carboxylic acids is 1. The quantitative estimate of drug-likeness (QED) is 0.436. The van der Waals surface area contributed by atoms with Gasteiger partial charge in [0.2, 0.25) is 0 Å². The predicted octanol–water partition coefficient (Wildman–Crippen LogP) is 4.68. The first-order valence-corrected chi connectivity index (χ1v) is 10.5. The van der Waals surface area contributed by atoms with Gasteiger partial charge in [0.1, 0.15) is 17.0 Å². The first-order valence-electron chi connectivity index (χ1n) is 9.76. The van der Waals surface area contributed by atoms with E-state index < -0.39 is 11.7 Å². The van der Waals surface area contributed by atoms with Crippen molar-refractivity contribution in [2.24, 2.45) is 0 Å². The Morgan fingerprint density at radius 3 is 2.59 bits per heavy atom. The zero-order chi connectivity index (χ0) is 23.0. The number of nitrogens with one attached hydrogen (secondary N) is 1. The second-order valence-electron chi connectivity index (χ2n) is 7.52. The summed E-state index contributed by atoms with van der Waals surface area (Å²) in [5, 5.41) is 7.55. The summed E-state index contributed by atoms with van der Waals surface area (Å²) in [5.74, 6) is -0.573. The van der Waals surface area contributed by atoms with Gasteiger partial charge in [-0.3, -0.25) is 9.36 Å². The lowest BCUT2D eigenvalue weighted by atomic mass is 10.1. The Morgan fingerprint density at radius 1 is 1.19 bits per heavy atom. The lowest BCUT2D eigenvalue weighted by Gasteiger charge is -2.10. The van der Waals surface area contributed by atoms with Crippen LogP contribution < -0.4 is 11.1 Å². The fourth-order valence-corrected chi connectivity index (χ4v) is 3.96. The third kappa shape index (κ3) is 4.17. The van der Waals surface area contributed by atoms with Crippen LogP contribution in [0, 0.1) is 6.92 Å². The number of hydrogen-bond acceptors (Lipinski definition) is 6. The highest BCUT2D eigenvalue weighted by Gasteiger charge is 2.25. The molecule has 0 aliphatic rings. The second-order valence-corrected chi connectivity index (χ2v) is 8.33. The van der Waals surface area contributed by atoms with E-state index in [2.05, 4.69) is 10.5 Å². The van der Waals surface area contributed by atoms with E-state index in [0.717, 1.165) is 0 Å². The van der Waals surface area contributed by atoms with Crippen molar-refractivity contribution in [1.82, 2.24) is 14.6 Å². The van der Waals surface area contributed by atoms with Gasteiger partial charge in [-0.1, -0.05) is 34.4 Å². The first-order chi connectivity index (χ1) is 15.3. The number of halogens is 2. The maximum absolute atomic E-state index is 13.2. The number of benzene rings is 2. The maximum atomic E-state index is 13.2. The Hall–Kier alpha value is -3.07. The smallest absolute Gasteiger partial charge is 0.408 e. The molecule has 2 aromatic carbocycles. The van der Waals surface area contributed by atoms with Gasteiger partial charge in [0.05, 0.1) is 15.6 Å². The second kappa shape index (κ2) is 8.82. The Balaban J connectivity index is 1.69. The summed E-state index contributed by atoms with van der Waals surface area (Å²) in [7, 11) is 3.84. The molecule has 0 spiro atoms. The number of nitrogens with zero attached hydrogens (tertiary/aromatic N) is 3. The van der Waals surface area contributed by atoms with Gasteiger partial charge in [0.25, 0.3) is 5.91 Å². The average Bonchev–Trinajstić information content (AvgIpc) is 3.25. The van der Waals surface area contributed by atoms with Crippen LogP contribution in [-0.4, -0.2) is 41.2 Å². The summed E-state index contributed by atoms with van der Waals surface area (Å²) in [6.45, 7) is 2.75. The van der Waals surface area contributed by atoms with Gasteiger partial charge in [-0.2, -0.15) is 0 Å². The number of fused-ring (bicyclic) bond motifs is 1. The van der Waals surface area contributed by atoms with Crippen molar-refractivity contribution in [3.05, 3.63) is 68.3 Å². The molecule has 0 radical (unpaired) electrons. The van der Waals surface area contributed by atoms with Gasteiger partial charge < -0.3 is 19.2 Å². The molecule has 0 saturated heterocycles. The third-order valence-electron chi connectivity index (χ3n) is 4.99. The van der Waals surface area contributed by atoms with Gasteiger partial charge in [-0.15, -0.1) is 0 Å². The highest BCUT2D eigenvalue weighted by Crippen LogP contribution is 2.37. The molecule has 0 bridgehead atoms. The van der Waals surface area contributed by atoms with Gasteiger partial charge in [-0.05, 0) is 51.4 Å². The van der Waals surface area contributed by atoms with E-state index in [-0.39, 0.29) is 11.3 Å². The summed E-state index contributed by atoms with van der Waals surface area (Å²) in [4.78, 5) is 27.3. The molecule has 2 aromatic heterocycles. The summed E-state index contributed by atoms with van der Waals surface area (Å²) in [6, 6.07) is 10.0. The van der Waals surface area contributed by atoms with Crippen molar-refractivity contribution in [3.8, 4) is 11.3 Å². The van der Waals surface area contributed by atoms with E-state index in [1.165, 1.54) is 4.57 Å². The number of anilines is 1. The number of hydrogen-bond donors (Lipinski definition) is 1.